The van der Waals surface area contributed by atoms with E-state index in [1.165, 1.54) is 25.4 Å². The first-order chi connectivity index (χ1) is 12.3. The molecule has 0 spiro atoms. The van der Waals surface area contributed by atoms with E-state index in [1.54, 1.807) is 28.6 Å². The van der Waals surface area contributed by atoms with Crippen LogP contribution < -0.4 is 0 Å². The second-order valence-electron chi connectivity index (χ2n) is 6.50. The van der Waals surface area contributed by atoms with Crippen LogP contribution in [0, 0.1) is 18.7 Å². The quantitative estimate of drug-likeness (QED) is 0.711. The molecule has 0 bridgehead atoms. The molecule has 6 nitrogen and oxygen atoms in total. The van der Waals surface area contributed by atoms with E-state index >= 15 is 0 Å². The number of carbonyl (C=O) groups excluding carboxylic acids is 2. The van der Waals surface area contributed by atoms with E-state index in [4.69, 9.17) is 0 Å². The summed E-state index contributed by atoms with van der Waals surface area (Å²) < 4.78 is 19.4. The first-order valence-electron chi connectivity index (χ1n) is 8.50. The lowest BCUT2D eigenvalue weighted by Crippen LogP contribution is -2.36. The Hall–Kier alpha value is -2.70. The van der Waals surface area contributed by atoms with Gasteiger partial charge in [-0.05, 0) is 37.1 Å². The molecule has 0 unspecified atom stereocenters. The fourth-order valence-corrected chi connectivity index (χ4v) is 2.68. The summed E-state index contributed by atoms with van der Waals surface area (Å²) in [4.78, 5) is 26.0. The summed E-state index contributed by atoms with van der Waals surface area (Å²) in [6, 6.07) is 5.90. The number of hydrogen-bond acceptors (Lipinski definition) is 4. The van der Waals surface area contributed by atoms with Crippen LogP contribution in [0.1, 0.15) is 36.3 Å². The maximum Gasteiger partial charge on any atom is 0.307 e. The molecule has 140 valence electrons. The highest BCUT2D eigenvalue weighted by Gasteiger charge is 2.22. The highest BCUT2D eigenvalue weighted by Crippen LogP contribution is 2.17. The number of amides is 1. The Morgan fingerprint density at radius 1 is 1.27 bits per heavy atom. The lowest BCUT2D eigenvalue weighted by atomic mass is 10.1. The van der Waals surface area contributed by atoms with Gasteiger partial charge >= 0.3 is 5.97 Å². The van der Waals surface area contributed by atoms with Crippen LogP contribution in [0.15, 0.2) is 30.5 Å². The predicted octanol–water partition coefficient (Wildman–Crippen LogP) is 2.98. The van der Waals surface area contributed by atoms with Crippen LogP contribution in [0.5, 0.6) is 0 Å². The monoisotopic (exact) mass is 361 g/mol. The van der Waals surface area contributed by atoms with Gasteiger partial charge in [0.05, 0.1) is 36.7 Å². The summed E-state index contributed by atoms with van der Waals surface area (Å²) in [5, 5.41) is 4.26. The van der Waals surface area contributed by atoms with Crippen molar-refractivity contribution in [2.75, 3.05) is 20.2 Å². The molecule has 0 fully saturated rings. The molecule has 7 heteroatoms. The number of esters is 1. The Morgan fingerprint density at radius 2 is 1.92 bits per heavy atom. The van der Waals surface area contributed by atoms with Crippen molar-refractivity contribution < 1.29 is 18.7 Å². The van der Waals surface area contributed by atoms with E-state index < -0.39 is 0 Å². The van der Waals surface area contributed by atoms with Crippen LogP contribution in [0.4, 0.5) is 4.39 Å². The number of halogens is 1. The van der Waals surface area contributed by atoms with E-state index in [2.05, 4.69) is 9.84 Å². The van der Waals surface area contributed by atoms with E-state index in [0.29, 0.717) is 23.5 Å². The average molecular weight is 361 g/mol. The molecule has 0 radical (unpaired) electrons. The second kappa shape index (κ2) is 8.60. The molecular formula is C19H24FN3O3. The predicted molar refractivity (Wildman–Crippen MR) is 95.6 cm³/mol. The molecule has 2 rings (SSSR count). The Labute approximate surface area is 152 Å². The van der Waals surface area contributed by atoms with Gasteiger partial charge in [-0.2, -0.15) is 5.10 Å². The van der Waals surface area contributed by atoms with Crippen molar-refractivity contribution in [3.63, 3.8) is 0 Å². The first kappa shape index (κ1) is 19.6. The zero-order chi connectivity index (χ0) is 19.3. The number of rotatable bonds is 7. The van der Waals surface area contributed by atoms with Crippen molar-refractivity contribution in [3.8, 4) is 5.69 Å². The molecular weight excluding hydrogens is 337 g/mol. The maximum absolute atomic E-state index is 13.1. The van der Waals surface area contributed by atoms with Gasteiger partial charge < -0.3 is 9.64 Å². The topological polar surface area (TPSA) is 64.4 Å². The summed E-state index contributed by atoms with van der Waals surface area (Å²) in [6.45, 7) is 6.61. The normalized spacial score (nSPS) is 10.8. The molecule has 0 atom stereocenters. The largest absolute Gasteiger partial charge is 0.469 e. The van der Waals surface area contributed by atoms with Crippen molar-refractivity contribution in [3.05, 3.63) is 47.5 Å². The third-order valence-corrected chi connectivity index (χ3v) is 4.00. The molecule has 0 aliphatic heterocycles. The fourth-order valence-electron chi connectivity index (χ4n) is 2.68. The summed E-state index contributed by atoms with van der Waals surface area (Å²) in [5.74, 6) is -0.622. The highest BCUT2D eigenvalue weighted by molar-refractivity contribution is 5.95. The van der Waals surface area contributed by atoms with Crippen LogP contribution in [0.3, 0.4) is 0 Å². The molecule has 0 saturated heterocycles. The van der Waals surface area contributed by atoms with Crippen LogP contribution in [0.2, 0.25) is 0 Å². The number of benzene rings is 1. The number of carbonyl (C=O) groups is 2. The van der Waals surface area contributed by atoms with Crippen molar-refractivity contribution in [2.45, 2.75) is 27.2 Å². The third kappa shape index (κ3) is 4.68. The molecule has 26 heavy (non-hydrogen) atoms. The maximum atomic E-state index is 13.1. The molecule has 1 amide bonds. The SMILES string of the molecule is COC(=O)CCN(CC(C)C)C(=O)c1cnn(-c2ccc(F)cc2)c1C. The average Bonchev–Trinajstić information content (AvgIpc) is 2.99. The molecule has 2 aromatic rings. The Balaban J connectivity index is 2.25. The van der Waals surface area contributed by atoms with Gasteiger partial charge in [-0.25, -0.2) is 9.07 Å². The summed E-state index contributed by atoms with van der Waals surface area (Å²) in [5.41, 5.74) is 1.79. The lowest BCUT2D eigenvalue weighted by molar-refractivity contribution is -0.140. The number of hydrogen-bond donors (Lipinski definition) is 0. The van der Waals surface area contributed by atoms with Gasteiger partial charge in [0, 0.05) is 13.1 Å². The number of methoxy groups -OCH3 is 1. The highest BCUT2D eigenvalue weighted by atomic mass is 19.1. The lowest BCUT2D eigenvalue weighted by Gasteiger charge is -2.24. The zero-order valence-corrected chi connectivity index (χ0v) is 15.5. The van der Waals surface area contributed by atoms with Gasteiger partial charge in [0.1, 0.15) is 5.82 Å². The molecule has 1 heterocycles. The molecule has 0 aliphatic carbocycles. The smallest absolute Gasteiger partial charge is 0.307 e. The van der Waals surface area contributed by atoms with Crippen LogP contribution in [-0.2, 0) is 9.53 Å². The first-order valence-corrected chi connectivity index (χ1v) is 8.50. The second-order valence-corrected chi connectivity index (χ2v) is 6.50. The number of aromatic nitrogens is 2. The zero-order valence-electron chi connectivity index (χ0n) is 15.5. The van der Waals surface area contributed by atoms with Gasteiger partial charge in [0.25, 0.3) is 5.91 Å². The van der Waals surface area contributed by atoms with E-state index in [-0.39, 0.29) is 36.6 Å². The molecule has 1 aromatic heterocycles. The minimum Gasteiger partial charge on any atom is -0.469 e. The van der Waals surface area contributed by atoms with Crippen molar-refractivity contribution in [1.82, 2.24) is 14.7 Å². The van der Waals surface area contributed by atoms with Crippen LogP contribution in [-0.4, -0.2) is 46.8 Å². The minimum atomic E-state index is -0.356. The Bertz CT molecular complexity index is 769. The summed E-state index contributed by atoms with van der Waals surface area (Å²) in [6.07, 6.45) is 1.65. The molecule has 0 aliphatic rings. The minimum absolute atomic E-state index is 0.139. The molecule has 0 saturated carbocycles. The number of nitrogens with zero attached hydrogens (tertiary/aromatic N) is 3. The molecule has 1 aromatic carbocycles. The van der Waals surface area contributed by atoms with E-state index in [9.17, 15) is 14.0 Å². The van der Waals surface area contributed by atoms with E-state index in [1.807, 2.05) is 13.8 Å². The van der Waals surface area contributed by atoms with Gasteiger partial charge in [0.2, 0.25) is 0 Å². The van der Waals surface area contributed by atoms with Gasteiger partial charge in [0.15, 0.2) is 0 Å². The van der Waals surface area contributed by atoms with Crippen LogP contribution >= 0.6 is 0 Å². The van der Waals surface area contributed by atoms with Gasteiger partial charge in [-0.15, -0.1) is 0 Å². The van der Waals surface area contributed by atoms with Crippen molar-refractivity contribution >= 4 is 11.9 Å². The van der Waals surface area contributed by atoms with Crippen molar-refractivity contribution in [2.24, 2.45) is 5.92 Å². The van der Waals surface area contributed by atoms with Crippen LogP contribution in [0.25, 0.3) is 5.69 Å². The molecule has 0 N–H and O–H groups in total. The van der Waals surface area contributed by atoms with Crippen molar-refractivity contribution in [1.29, 1.82) is 0 Å². The summed E-state index contributed by atoms with van der Waals surface area (Å²) >= 11 is 0. The number of ether oxygens (including phenoxy) is 1. The van der Waals surface area contributed by atoms with E-state index in [0.717, 1.165) is 0 Å². The fraction of sp³-hybridized carbons (Fsp3) is 0.421. The van der Waals surface area contributed by atoms with Gasteiger partial charge in [-0.3, -0.25) is 9.59 Å². The third-order valence-electron chi connectivity index (χ3n) is 4.00. The Kier molecular flexibility index (Phi) is 6.49. The standard InChI is InChI=1S/C19H24FN3O3/c1-13(2)12-22(10-9-18(24)26-4)19(25)17-11-21-23(14(17)3)16-7-5-15(20)6-8-16/h5-8,11,13H,9-10,12H2,1-4H3. The Morgan fingerprint density at radius 3 is 2.50 bits per heavy atom. The van der Waals surface area contributed by atoms with Gasteiger partial charge in [-0.1, -0.05) is 13.8 Å². The summed E-state index contributed by atoms with van der Waals surface area (Å²) in [7, 11) is 1.33.